The van der Waals surface area contributed by atoms with Crippen LogP contribution in [0.5, 0.6) is 5.88 Å². The van der Waals surface area contributed by atoms with Gasteiger partial charge < -0.3 is 24.6 Å². The lowest BCUT2D eigenvalue weighted by Crippen LogP contribution is -2.51. The number of methoxy groups -OCH3 is 1. The Labute approximate surface area is 184 Å². The van der Waals surface area contributed by atoms with E-state index in [1.54, 1.807) is 36.4 Å². The summed E-state index contributed by atoms with van der Waals surface area (Å²) in [4.78, 5) is 31.1. The largest absolute Gasteiger partial charge is 0.475 e. The highest BCUT2D eigenvalue weighted by molar-refractivity contribution is 6.30. The van der Waals surface area contributed by atoms with Crippen molar-refractivity contribution in [3.05, 3.63) is 57.2 Å². The highest BCUT2D eigenvalue weighted by Gasteiger charge is 2.26. The van der Waals surface area contributed by atoms with E-state index in [0.717, 1.165) is 5.56 Å². The van der Waals surface area contributed by atoms with E-state index >= 15 is 0 Å². The van der Waals surface area contributed by atoms with Crippen LogP contribution in [0.1, 0.15) is 5.56 Å². The SMILES string of the molecule is COCCOc1ccc(CNC(=O)N2CCN(c3ccc(Cl)cc3[N+](=O)[O-])CC2)cn1. The average Bonchev–Trinajstić information content (AvgIpc) is 2.78. The molecular weight excluding hydrogens is 426 g/mol. The van der Waals surface area contributed by atoms with E-state index in [1.165, 1.54) is 6.07 Å². The van der Waals surface area contributed by atoms with Crippen molar-refractivity contribution in [3.8, 4) is 5.88 Å². The van der Waals surface area contributed by atoms with E-state index in [9.17, 15) is 14.9 Å². The number of rotatable bonds is 8. The summed E-state index contributed by atoms with van der Waals surface area (Å²) < 4.78 is 10.3. The van der Waals surface area contributed by atoms with Gasteiger partial charge in [-0.2, -0.15) is 0 Å². The molecule has 2 aromatic rings. The summed E-state index contributed by atoms with van der Waals surface area (Å²) in [6, 6.07) is 8.02. The van der Waals surface area contributed by atoms with Gasteiger partial charge in [-0.1, -0.05) is 17.7 Å². The van der Waals surface area contributed by atoms with Gasteiger partial charge in [-0.25, -0.2) is 9.78 Å². The topological polar surface area (TPSA) is 110 Å². The lowest BCUT2D eigenvalue weighted by molar-refractivity contribution is -0.384. The molecule has 31 heavy (non-hydrogen) atoms. The molecule has 1 saturated heterocycles. The Hall–Kier alpha value is -3.11. The quantitative estimate of drug-likeness (QED) is 0.374. The van der Waals surface area contributed by atoms with Crippen LogP contribution in [0.2, 0.25) is 5.02 Å². The predicted octanol–water partition coefficient (Wildman–Crippen LogP) is 2.70. The molecule has 0 saturated carbocycles. The second-order valence-corrected chi connectivity index (χ2v) is 7.31. The first-order valence-electron chi connectivity index (χ1n) is 9.76. The van der Waals surface area contributed by atoms with Gasteiger partial charge in [0.25, 0.3) is 5.69 Å². The summed E-state index contributed by atoms with van der Waals surface area (Å²) in [5.41, 5.74) is 1.32. The summed E-state index contributed by atoms with van der Waals surface area (Å²) in [6.45, 7) is 3.14. The Morgan fingerprint density at radius 1 is 1.23 bits per heavy atom. The molecule has 1 fully saturated rings. The maximum atomic E-state index is 12.5. The summed E-state index contributed by atoms with van der Waals surface area (Å²) >= 11 is 5.89. The van der Waals surface area contributed by atoms with Crippen molar-refractivity contribution in [3.63, 3.8) is 0 Å². The molecule has 0 unspecified atom stereocenters. The van der Waals surface area contributed by atoms with Crippen LogP contribution in [0.15, 0.2) is 36.5 Å². The average molecular weight is 450 g/mol. The Morgan fingerprint density at radius 3 is 2.65 bits per heavy atom. The zero-order valence-corrected chi connectivity index (χ0v) is 17.9. The van der Waals surface area contributed by atoms with Crippen LogP contribution in [0, 0.1) is 10.1 Å². The van der Waals surface area contributed by atoms with E-state index in [0.29, 0.717) is 62.5 Å². The molecule has 0 aliphatic carbocycles. The standard InChI is InChI=1S/C20H24ClN5O5/c1-30-10-11-31-19-5-2-15(13-22-19)14-23-20(27)25-8-6-24(7-9-25)17-4-3-16(21)12-18(17)26(28)29/h2-5,12-13H,6-11,14H2,1H3,(H,23,27). The summed E-state index contributed by atoms with van der Waals surface area (Å²) in [5, 5.41) is 14.5. The lowest BCUT2D eigenvalue weighted by atomic mass is 10.2. The zero-order valence-electron chi connectivity index (χ0n) is 17.1. The third-order valence-electron chi connectivity index (χ3n) is 4.82. The maximum Gasteiger partial charge on any atom is 0.317 e. The van der Waals surface area contributed by atoms with Crippen molar-refractivity contribution < 1.29 is 19.2 Å². The smallest absolute Gasteiger partial charge is 0.317 e. The van der Waals surface area contributed by atoms with Crippen molar-refractivity contribution in [1.29, 1.82) is 0 Å². The third-order valence-corrected chi connectivity index (χ3v) is 5.06. The van der Waals surface area contributed by atoms with Crippen LogP contribution >= 0.6 is 11.6 Å². The number of benzene rings is 1. The molecule has 1 aliphatic heterocycles. The number of nitrogens with zero attached hydrogens (tertiary/aromatic N) is 4. The number of pyridine rings is 1. The number of anilines is 1. The van der Waals surface area contributed by atoms with Crippen LogP contribution in [0.25, 0.3) is 0 Å². The van der Waals surface area contributed by atoms with Gasteiger partial charge in [-0.15, -0.1) is 0 Å². The number of nitro groups is 1. The first kappa shape index (κ1) is 22.6. The second-order valence-electron chi connectivity index (χ2n) is 6.87. The molecule has 10 nitrogen and oxygen atoms in total. The molecular formula is C20H24ClN5O5. The minimum atomic E-state index is -0.442. The van der Waals surface area contributed by atoms with Crippen LogP contribution in [0.3, 0.4) is 0 Å². The minimum absolute atomic E-state index is 0.0347. The Kier molecular flexibility index (Phi) is 7.85. The van der Waals surface area contributed by atoms with E-state index in [4.69, 9.17) is 21.1 Å². The van der Waals surface area contributed by atoms with Gasteiger partial charge in [0, 0.05) is 63.2 Å². The first-order valence-corrected chi connectivity index (χ1v) is 10.1. The molecule has 1 aromatic heterocycles. The summed E-state index contributed by atoms with van der Waals surface area (Å²) in [5.74, 6) is 0.500. The number of nitro benzene ring substituents is 1. The number of urea groups is 1. The van der Waals surface area contributed by atoms with Gasteiger partial charge in [0.15, 0.2) is 0 Å². The van der Waals surface area contributed by atoms with E-state index < -0.39 is 4.92 Å². The molecule has 0 atom stereocenters. The van der Waals surface area contributed by atoms with E-state index in [-0.39, 0.29) is 11.7 Å². The molecule has 3 rings (SSSR count). The van der Waals surface area contributed by atoms with Crippen molar-refractivity contribution >= 4 is 29.0 Å². The van der Waals surface area contributed by atoms with Gasteiger partial charge in [0.1, 0.15) is 12.3 Å². The molecule has 1 aromatic carbocycles. The third kappa shape index (κ3) is 6.19. The molecule has 166 valence electrons. The van der Waals surface area contributed by atoms with Crippen molar-refractivity contribution in [1.82, 2.24) is 15.2 Å². The number of carbonyl (C=O) groups is 1. The monoisotopic (exact) mass is 449 g/mol. The molecule has 1 N–H and O–H groups in total. The van der Waals surface area contributed by atoms with Crippen LogP contribution in [0.4, 0.5) is 16.2 Å². The van der Waals surface area contributed by atoms with Crippen molar-refractivity contribution in [2.75, 3.05) is 51.4 Å². The number of halogens is 1. The highest BCUT2D eigenvalue weighted by atomic mass is 35.5. The number of ether oxygens (including phenoxy) is 2. The van der Waals surface area contributed by atoms with Gasteiger partial charge in [-0.3, -0.25) is 10.1 Å². The molecule has 0 spiro atoms. The Morgan fingerprint density at radius 2 is 2.00 bits per heavy atom. The molecule has 2 heterocycles. The lowest BCUT2D eigenvalue weighted by Gasteiger charge is -2.35. The molecule has 0 radical (unpaired) electrons. The normalized spacial score (nSPS) is 13.7. The summed E-state index contributed by atoms with van der Waals surface area (Å²) in [6.07, 6.45) is 1.65. The molecule has 2 amide bonds. The fourth-order valence-electron chi connectivity index (χ4n) is 3.18. The minimum Gasteiger partial charge on any atom is -0.475 e. The van der Waals surface area contributed by atoms with Crippen molar-refractivity contribution in [2.24, 2.45) is 0 Å². The fourth-order valence-corrected chi connectivity index (χ4v) is 3.35. The second kappa shape index (κ2) is 10.8. The number of amides is 2. The van der Waals surface area contributed by atoms with E-state index in [1.807, 2.05) is 11.0 Å². The number of aromatic nitrogens is 1. The van der Waals surface area contributed by atoms with Crippen molar-refractivity contribution in [2.45, 2.75) is 6.54 Å². The summed E-state index contributed by atoms with van der Waals surface area (Å²) in [7, 11) is 1.60. The predicted molar refractivity (Wildman–Crippen MR) is 116 cm³/mol. The Bertz CT molecular complexity index is 903. The number of nitrogens with one attached hydrogen (secondary N) is 1. The zero-order chi connectivity index (χ0) is 22.2. The van der Waals surface area contributed by atoms with Crippen LogP contribution in [-0.4, -0.2) is 67.3 Å². The Balaban J connectivity index is 1.48. The van der Waals surface area contributed by atoms with Crippen LogP contribution in [-0.2, 0) is 11.3 Å². The number of hydrogen-bond donors (Lipinski definition) is 1. The number of piperazine rings is 1. The molecule has 11 heteroatoms. The molecule has 0 bridgehead atoms. The van der Waals surface area contributed by atoms with Gasteiger partial charge in [0.2, 0.25) is 5.88 Å². The van der Waals surface area contributed by atoms with Gasteiger partial charge in [0.05, 0.1) is 11.5 Å². The number of hydrogen-bond acceptors (Lipinski definition) is 7. The first-order chi connectivity index (χ1) is 15.0. The molecule has 1 aliphatic rings. The van der Waals surface area contributed by atoms with Crippen LogP contribution < -0.4 is 15.0 Å². The number of carbonyl (C=O) groups excluding carboxylic acids is 1. The van der Waals surface area contributed by atoms with Gasteiger partial charge in [-0.05, 0) is 17.7 Å². The highest BCUT2D eigenvalue weighted by Crippen LogP contribution is 2.31. The fraction of sp³-hybridized carbons (Fsp3) is 0.400. The maximum absolute atomic E-state index is 12.5. The van der Waals surface area contributed by atoms with E-state index in [2.05, 4.69) is 10.3 Å². The van der Waals surface area contributed by atoms with Gasteiger partial charge >= 0.3 is 6.03 Å².